The summed E-state index contributed by atoms with van der Waals surface area (Å²) < 4.78 is 32.0. The maximum Gasteiger partial charge on any atom is 0.243 e. The van der Waals surface area contributed by atoms with E-state index in [1.807, 2.05) is 30.3 Å². The highest BCUT2D eigenvalue weighted by atomic mass is 127. The summed E-state index contributed by atoms with van der Waals surface area (Å²) in [4.78, 5) is 4.76. The zero-order valence-corrected chi connectivity index (χ0v) is 19.5. The summed E-state index contributed by atoms with van der Waals surface area (Å²) in [6.45, 7) is 1.58. The predicted molar refractivity (Wildman–Crippen MR) is 126 cm³/mol. The van der Waals surface area contributed by atoms with E-state index >= 15 is 0 Å². The second-order valence-electron chi connectivity index (χ2n) is 6.74. The molecule has 0 radical (unpaired) electrons. The highest BCUT2D eigenvalue weighted by Gasteiger charge is 2.29. The van der Waals surface area contributed by atoms with Crippen molar-refractivity contribution in [1.29, 1.82) is 0 Å². The average molecular weight is 530 g/mol. The van der Waals surface area contributed by atoms with Crippen LogP contribution in [0, 0.1) is 5.92 Å². The van der Waals surface area contributed by atoms with Gasteiger partial charge in [0.2, 0.25) is 10.0 Å². The van der Waals surface area contributed by atoms with Crippen LogP contribution in [0.15, 0.2) is 64.5 Å². The van der Waals surface area contributed by atoms with Crippen LogP contribution in [0.25, 0.3) is 0 Å². The number of nitrogens with zero attached hydrogens (tertiary/aromatic N) is 2. The molecule has 1 heterocycles. The normalized spacial score (nSPS) is 16.1. The van der Waals surface area contributed by atoms with Crippen molar-refractivity contribution in [2.45, 2.75) is 17.7 Å². The largest absolute Gasteiger partial charge is 0.497 e. The molecule has 1 fully saturated rings. The lowest BCUT2D eigenvalue weighted by Gasteiger charge is -2.30. The molecule has 7 nitrogen and oxygen atoms in total. The fraction of sp³-hybridized carbons (Fsp3) is 0.350. The van der Waals surface area contributed by atoms with Crippen LogP contribution in [0.2, 0.25) is 0 Å². The van der Waals surface area contributed by atoms with Crippen LogP contribution < -0.4 is 15.8 Å². The second-order valence-corrected chi connectivity index (χ2v) is 8.68. The lowest BCUT2D eigenvalue weighted by molar-refractivity contribution is 0.279. The maximum atomic E-state index is 12.7. The van der Waals surface area contributed by atoms with Gasteiger partial charge in [-0.3, -0.25) is 4.99 Å². The van der Waals surface area contributed by atoms with Crippen molar-refractivity contribution in [1.82, 2.24) is 4.31 Å². The fourth-order valence-electron chi connectivity index (χ4n) is 3.16. The minimum absolute atomic E-state index is 0. The Morgan fingerprint density at radius 1 is 1.14 bits per heavy atom. The molecule has 29 heavy (non-hydrogen) atoms. The number of piperidine rings is 1. The topological polar surface area (TPSA) is 97.0 Å². The van der Waals surface area contributed by atoms with E-state index in [1.54, 1.807) is 35.7 Å². The van der Waals surface area contributed by atoms with E-state index in [-0.39, 0.29) is 24.0 Å². The van der Waals surface area contributed by atoms with Crippen LogP contribution in [0.1, 0.15) is 12.8 Å². The molecule has 0 saturated carbocycles. The smallest absolute Gasteiger partial charge is 0.243 e. The van der Waals surface area contributed by atoms with E-state index in [9.17, 15) is 8.42 Å². The van der Waals surface area contributed by atoms with Gasteiger partial charge < -0.3 is 15.8 Å². The minimum Gasteiger partial charge on any atom is -0.497 e. The Kier molecular flexibility index (Phi) is 8.72. The van der Waals surface area contributed by atoms with Crippen molar-refractivity contribution in [2.24, 2.45) is 16.6 Å². The first kappa shape index (κ1) is 23.4. The first-order valence-corrected chi connectivity index (χ1v) is 10.7. The molecule has 2 aromatic rings. The summed E-state index contributed by atoms with van der Waals surface area (Å²) in [5.74, 6) is 1.45. The molecule has 158 valence electrons. The molecule has 0 amide bonds. The molecule has 3 rings (SSSR count). The first-order chi connectivity index (χ1) is 13.5. The summed E-state index contributed by atoms with van der Waals surface area (Å²) in [6.07, 6.45) is 1.54. The number of guanidine groups is 1. The van der Waals surface area contributed by atoms with Gasteiger partial charge in [0.1, 0.15) is 5.75 Å². The van der Waals surface area contributed by atoms with Crippen LogP contribution in [-0.2, 0) is 10.0 Å². The van der Waals surface area contributed by atoms with Gasteiger partial charge in [-0.1, -0.05) is 18.2 Å². The molecular weight excluding hydrogens is 503 g/mol. The van der Waals surface area contributed by atoms with Crippen molar-refractivity contribution >= 4 is 45.6 Å². The highest BCUT2D eigenvalue weighted by molar-refractivity contribution is 14.0. The van der Waals surface area contributed by atoms with E-state index in [0.29, 0.717) is 36.4 Å². The predicted octanol–water partition coefficient (Wildman–Crippen LogP) is 3.14. The van der Waals surface area contributed by atoms with Crippen molar-refractivity contribution in [3.63, 3.8) is 0 Å². The second kappa shape index (κ2) is 10.8. The molecule has 0 aliphatic carbocycles. The van der Waals surface area contributed by atoms with E-state index < -0.39 is 10.0 Å². The molecule has 1 saturated heterocycles. The van der Waals surface area contributed by atoms with Gasteiger partial charge in [0, 0.05) is 25.3 Å². The Morgan fingerprint density at radius 2 is 1.76 bits per heavy atom. The Balaban J connectivity index is 0.00000300. The molecule has 0 unspecified atom stereocenters. The van der Waals surface area contributed by atoms with Crippen LogP contribution in [0.4, 0.5) is 5.69 Å². The van der Waals surface area contributed by atoms with Crippen LogP contribution in [0.5, 0.6) is 5.75 Å². The molecule has 9 heteroatoms. The number of ether oxygens (including phenoxy) is 1. The van der Waals surface area contributed by atoms with E-state index in [1.165, 1.54) is 0 Å². The molecule has 3 N–H and O–H groups in total. The number of methoxy groups -OCH3 is 1. The van der Waals surface area contributed by atoms with Gasteiger partial charge >= 0.3 is 0 Å². The maximum absolute atomic E-state index is 12.7. The van der Waals surface area contributed by atoms with Crippen LogP contribution in [-0.4, -0.2) is 45.4 Å². The monoisotopic (exact) mass is 530 g/mol. The minimum atomic E-state index is -3.41. The number of nitrogens with two attached hydrogens (primary N) is 1. The van der Waals surface area contributed by atoms with Crippen molar-refractivity contribution in [3.8, 4) is 5.75 Å². The van der Waals surface area contributed by atoms with Gasteiger partial charge in [-0.2, -0.15) is 4.31 Å². The van der Waals surface area contributed by atoms with Gasteiger partial charge in [-0.15, -0.1) is 24.0 Å². The Labute approximate surface area is 189 Å². The number of aliphatic imine (C=N–C) groups is 1. The lowest BCUT2D eigenvalue weighted by atomic mass is 9.98. The zero-order chi connectivity index (χ0) is 20.0. The van der Waals surface area contributed by atoms with E-state index in [2.05, 4.69) is 10.3 Å². The van der Waals surface area contributed by atoms with Crippen molar-refractivity contribution in [2.75, 3.05) is 32.1 Å². The Hall–Kier alpha value is -1.85. The average Bonchev–Trinajstić information content (AvgIpc) is 2.74. The molecule has 0 aromatic heterocycles. The van der Waals surface area contributed by atoms with Crippen molar-refractivity contribution in [3.05, 3.63) is 54.6 Å². The number of nitrogens with one attached hydrogen (secondary N) is 1. The molecule has 0 atom stereocenters. The molecule has 1 aliphatic heterocycles. The van der Waals surface area contributed by atoms with Gasteiger partial charge in [-0.25, -0.2) is 8.42 Å². The SMILES string of the molecule is COc1ccc(NC(N)=NCC2CCN(S(=O)(=O)c3ccccc3)CC2)cc1.I. The first-order valence-electron chi connectivity index (χ1n) is 9.25. The van der Waals surface area contributed by atoms with Crippen LogP contribution in [0.3, 0.4) is 0 Å². The third-order valence-electron chi connectivity index (χ3n) is 4.84. The molecule has 1 aliphatic rings. The summed E-state index contributed by atoms with van der Waals surface area (Å²) >= 11 is 0. The van der Waals surface area contributed by atoms with E-state index in [0.717, 1.165) is 24.3 Å². The quantitative estimate of drug-likeness (QED) is 0.340. The third-order valence-corrected chi connectivity index (χ3v) is 6.75. The zero-order valence-electron chi connectivity index (χ0n) is 16.3. The lowest BCUT2D eigenvalue weighted by Crippen LogP contribution is -2.39. The number of anilines is 1. The number of hydrogen-bond acceptors (Lipinski definition) is 4. The standard InChI is InChI=1S/C20H26N4O3S.HI/c1-27-18-9-7-17(8-10-18)23-20(21)22-15-16-11-13-24(14-12-16)28(25,26)19-5-3-2-4-6-19;/h2-10,16H,11-15H2,1H3,(H3,21,22,23);1H. The Morgan fingerprint density at radius 3 is 2.34 bits per heavy atom. The number of sulfonamides is 1. The van der Waals surface area contributed by atoms with Crippen LogP contribution >= 0.6 is 24.0 Å². The molecular formula is C20H27IN4O3S. The number of benzene rings is 2. The van der Waals surface area contributed by atoms with E-state index in [4.69, 9.17) is 10.5 Å². The van der Waals surface area contributed by atoms with Gasteiger partial charge in [0.05, 0.1) is 12.0 Å². The van der Waals surface area contributed by atoms with Crippen molar-refractivity contribution < 1.29 is 13.2 Å². The summed E-state index contributed by atoms with van der Waals surface area (Å²) in [5, 5.41) is 3.05. The number of hydrogen-bond donors (Lipinski definition) is 2. The Bertz CT molecular complexity index is 897. The van der Waals surface area contributed by atoms with Gasteiger partial charge in [-0.05, 0) is 55.2 Å². The fourth-order valence-corrected chi connectivity index (χ4v) is 4.65. The summed E-state index contributed by atoms with van der Waals surface area (Å²) in [7, 11) is -1.79. The number of halogens is 1. The molecule has 0 bridgehead atoms. The molecule has 2 aromatic carbocycles. The number of rotatable bonds is 6. The highest BCUT2D eigenvalue weighted by Crippen LogP contribution is 2.24. The summed E-state index contributed by atoms with van der Waals surface area (Å²) in [5.41, 5.74) is 6.81. The summed E-state index contributed by atoms with van der Waals surface area (Å²) in [6, 6.07) is 16.0. The third kappa shape index (κ3) is 6.31. The van der Waals surface area contributed by atoms with Gasteiger partial charge in [0.25, 0.3) is 0 Å². The molecule has 0 spiro atoms. The van der Waals surface area contributed by atoms with Gasteiger partial charge in [0.15, 0.2) is 5.96 Å².